The van der Waals surface area contributed by atoms with E-state index in [1.807, 2.05) is 13.8 Å². The second kappa shape index (κ2) is 5.93. The Morgan fingerprint density at radius 1 is 1.33 bits per heavy atom. The van der Waals surface area contributed by atoms with E-state index in [1.165, 1.54) is 4.31 Å². The molecule has 1 heterocycles. The minimum absolute atomic E-state index is 0.00514. The number of carbonyl (C=O) groups excluding carboxylic acids is 1. The van der Waals surface area contributed by atoms with Crippen molar-refractivity contribution >= 4 is 21.6 Å². The minimum atomic E-state index is -3.46. The number of benzene rings is 1. The maximum atomic E-state index is 12.4. The molecule has 0 aromatic heterocycles. The topological polar surface area (TPSA) is 66.9 Å². The van der Waals surface area contributed by atoms with E-state index in [-0.39, 0.29) is 12.5 Å². The molecule has 0 bridgehead atoms. The van der Waals surface area contributed by atoms with Gasteiger partial charge in [-0.1, -0.05) is 12.1 Å². The summed E-state index contributed by atoms with van der Waals surface area (Å²) in [7, 11) is -3.46. The van der Waals surface area contributed by atoms with Crippen LogP contribution in [0.2, 0.25) is 0 Å². The summed E-state index contributed by atoms with van der Waals surface area (Å²) in [6, 6.07) is 6.85. The van der Waals surface area contributed by atoms with Crippen molar-refractivity contribution in [1.82, 2.24) is 4.90 Å². The summed E-state index contributed by atoms with van der Waals surface area (Å²) < 4.78 is 30.9. The van der Waals surface area contributed by atoms with Gasteiger partial charge in [0.15, 0.2) is 6.10 Å². The molecule has 0 radical (unpaired) electrons. The Bertz CT molecular complexity index is 626. The molecule has 1 atom stereocenters. The molecule has 0 N–H and O–H groups in total. The van der Waals surface area contributed by atoms with Crippen molar-refractivity contribution in [3.05, 3.63) is 24.3 Å². The first-order chi connectivity index (χ1) is 9.88. The van der Waals surface area contributed by atoms with E-state index >= 15 is 0 Å². The smallest absolute Gasteiger partial charge is 0.265 e. The maximum absolute atomic E-state index is 12.4. The molecule has 116 valence electrons. The van der Waals surface area contributed by atoms with Gasteiger partial charge in [-0.25, -0.2) is 8.42 Å². The van der Waals surface area contributed by atoms with Gasteiger partial charge in [0.05, 0.1) is 18.5 Å². The Hall–Kier alpha value is -1.76. The van der Waals surface area contributed by atoms with Gasteiger partial charge in [0.1, 0.15) is 5.75 Å². The van der Waals surface area contributed by atoms with Crippen LogP contribution in [0.1, 0.15) is 13.8 Å². The van der Waals surface area contributed by atoms with Crippen LogP contribution in [0.5, 0.6) is 5.75 Å². The van der Waals surface area contributed by atoms with Crippen LogP contribution in [0.15, 0.2) is 24.3 Å². The zero-order chi connectivity index (χ0) is 15.6. The van der Waals surface area contributed by atoms with Crippen LogP contribution >= 0.6 is 0 Å². The largest absolute Gasteiger partial charge is 0.476 e. The van der Waals surface area contributed by atoms with Crippen LogP contribution in [-0.2, 0) is 14.8 Å². The van der Waals surface area contributed by atoms with Gasteiger partial charge >= 0.3 is 0 Å². The molecule has 0 fully saturated rings. The summed E-state index contributed by atoms with van der Waals surface area (Å²) in [5, 5.41) is 0. The lowest BCUT2D eigenvalue weighted by molar-refractivity contribution is -0.138. The molecule has 0 saturated carbocycles. The number of fused-ring (bicyclic) bond motifs is 1. The van der Waals surface area contributed by atoms with Crippen molar-refractivity contribution in [3.8, 4) is 5.75 Å². The second-order valence-electron chi connectivity index (χ2n) is 4.88. The third-order valence-corrected chi connectivity index (χ3v) is 4.63. The van der Waals surface area contributed by atoms with Crippen molar-refractivity contribution in [1.29, 1.82) is 0 Å². The normalized spacial score (nSPS) is 17.9. The molecule has 0 spiro atoms. The number of anilines is 1. The summed E-state index contributed by atoms with van der Waals surface area (Å²) >= 11 is 0. The predicted molar refractivity (Wildman–Crippen MR) is 81.0 cm³/mol. The van der Waals surface area contributed by atoms with Gasteiger partial charge in [0.2, 0.25) is 10.0 Å². The number of para-hydroxylation sites is 2. The zero-order valence-electron chi connectivity index (χ0n) is 12.4. The van der Waals surface area contributed by atoms with Crippen LogP contribution in [-0.4, -0.2) is 51.2 Å². The molecule has 1 aromatic carbocycles. The van der Waals surface area contributed by atoms with E-state index < -0.39 is 16.1 Å². The van der Waals surface area contributed by atoms with E-state index in [0.717, 1.165) is 6.26 Å². The number of likely N-dealkylation sites (N-methyl/N-ethyl adjacent to an activating group) is 1. The molecule has 0 unspecified atom stereocenters. The van der Waals surface area contributed by atoms with Crippen LogP contribution < -0.4 is 9.04 Å². The number of hydrogen-bond acceptors (Lipinski definition) is 4. The molecule has 7 heteroatoms. The number of carbonyl (C=O) groups is 1. The van der Waals surface area contributed by atoms with Gasteiger partial charge in [-0.05, 0) is 26.0 Å². The Kier molecular flexibility index (Phi) is 4.41. The standard InChI is InChI=1S/C14H20N2O4S/c1-4-15(5-2)14(17)13-10-16(21(3,18)19)11-8-6-7-9-12(11)20-13/h6-9,13H,4-5,10H2,1-3H3/t13-/m0/s1. The summed E-state index contributed by atoms with van der Waals surface area (Å²) in [5.41, 5.74) is 0.476. The number of nitrogens with zero attached hydrogens (tertiary/aromatic N) is 2. The van der Waals surface area contributed by atoms with E-state index in [1.54, 1.807) is 29.2 Å². The third-order valence-electron chi connectivity index (χ3n) is 3.49. The minimum Gasteiger partial charge on any atom is -0.476 e. The highest BCUT2D eigenvalue weighted by atomic mass is 32.2. The number of ether oxygens (including phenoxy) is 1. The van der Waals surface area contributed by atoms with Crippen molar-refractivity contribution in [2.75, 3.05) is 30.2 Å². The van der Waals surface area contributed by atoms with Crippen LogP contribution in [0.4, 0.5) is 5.69 Å². The van der Waals surface area contributed by atoms with Crippen molar-refractivity contribution < 1.29 is 17.9 Å². The molecule has 1 amide bonds. The Labute approximate surface area is 125 Å². The first kappa shape index (κ1) is 15.6. The number of rotatable bonds is 4. The Morgan fingerprint density at radius 3 is 2.52 bits per heavy atom. The third kappa shape index (κ3) is 3.12. The molecule has 21 heavy (non-hydrogen) atoms. The average Bonchev–Trinajstić information content (AvgIpc) is 2.46. The lowest BCUT2D eigenvalue weighted by Crippen LogP contribution is -2.51. The molecular weight excluding hydrogens is 292 g/mol. The molecule has 0 saturated heterocycles. The zero-order valence-corrected chi connectivity index (χ0v) is 13.3. The highest BCUT2D eigenvalue weighted by Gasteiger charge is 2.36. The van der Waals surface area contributed by atoms with Gasteiger partial charge in [-0.3, -0.25) is 9.10 Å². The van der Waals surface area contributed by atoms with E-state index in [4.69, 9.17) is 4.74 Å². The lowest BCUT2D eigenvalue weighted by atomic mass is 10.2. The fourth-order valence-corrected chi connectivity index (χ4v) is 3.30. The number of sulfonamides is 1. The molecule has 1 aliphatic heterocycles. The summed E-state index contributed by atoms with van der Waals surface area (Å²) in [6.45, 7) is 4.90. The first-order valence-corrected chi connectivity index (χ1v) is 8.75. The van der Waals surface area contributed by atoms with E-state index in [9.17, 15) is 13.2 Å². The van der Waals surface area contributed by atoms with E-state index in [2.05, 4.69) is 0 Å². The fourth-order valence-electron chi connectivity index (χ4n) is 2.38. The molecule has 1 aliphatic rings. The van der Waals surface area contributed by atoms with Crippen LogP contribution in [0, 0.1) is 0 Å². The lowest BCUT2D eigenvalue weighted by Gasteiger charge is -2.35. The Balaban J connectivity index is 2.37. The number of amides is 1. The molecule has 0 aliphatic carbocycles. The Morgan fingerprint density at radius 2 is 1.95 bits per heavy atom. The van der Waals surface area contributed by atoms with Gasteiger partial charge in [0.25, 0.3) is 5.91 Å². The molecule has 6 nitrogen and oxygen atoms in total. The monoisotopic (exact) mass is 312 g/mol. The van der Waals surface area contributed by atoms with Crippen molar-refractivity contribution in [2.45, 2.75) is 20.0 Å². The van der Waals surface area contributed by atoms with Crippen LogP contribution in [0.25, 0.3) is 0 Å². The van der Waals surface area contributed by atoms with Gasteiger partial charge in [0, 0.05) is 13.1 Å². The van der Waals surface area contributed by atoms with Gasteiger partial charge in [-0.2, -0.15) is 0 Å². The second-order valence-corrected chi connectivity index (χ2v) is 6.79. The molecule has 1 aromatic rings. The predicted octanol–water partition coefficient (Wildman–Crippen LogP) is 1.08. The van der Waals surface area contributed by atoms with Crippen LogP contribution in [0.3, 0.4) is 0 Å². The van der Waals surface area contributed by atoms with E-state index in [0.29, 0.717) is 24.5 Å². The fraction of sp³-hybridized carbons (Fsp3) is 0.500. The summed E-state index contributed by atoms with van der Waals surface area (Å²) in [4.78, 5) is 14.1. The quantitative estimate of drug-likeness (QED) is 0.834. The summed E-state index contributed by atoms with van der Waals surface area (Å²) in [6.07, 6.45) is 0.322. The van der Waals surface area contributed by atoms with Gasteiger partial charge < -0.3 is 9.64 Å². The SMILES string of the molecule is CCN(CC)C(=O)[C@@H]1CN(S(C)(=O)=O)c2ccccc2O1. The maximum Gasteiger partial charge on any atom is 0.265 e. The van der Waals surface area contributed by atoms with Gasteiger partial charge in [-0.15, -0.1) is 0 Å². The first-order valence-electron chi connectivity index (χ1n) is 6.90. The number of hydrogen-bond donors (Lipinski definition) is 0. The highest BCUT2D eigenvalue weighted by molar-refractivity contribution is 7.92. The average molecular weight is 312 g/mol. The van der Waals surface area contributed by atoms with Crippen molar-refractivity contribution in [2.24, 2.45) is 0 Å². The highest BCUT2D eigenvalue weighted by Crippen LogP contribution is 2.34. The summed E-state index contributed by atoms with van der Waals surface area (Å²) in [5.74, 6) is 0.225. The molecule has 2 rings (SSSR count). The van der Waals surface area contributed by atoms with Crippen molar-refractivity contribution in [3.63, 3.8) is 0 Å². The molecular formula is C14H20N2O4S.